The second kappa shape index (κ2) is 17.6. The van der Waals surface area contributed by atoms with E-state index >= 15 is 8.78 Å². The molecule has 0 bridgehead atoms. The molecule has 2 aliphatic rings. The van der Waals surface area contributed by atoms with E-state index in [4.69, 9.17) is 27.5 Å². The lowest BCUT2D eigenvalue weighted by Gasteiger charge is -2.44. The monoisotopic (exact) mass is 908 g/mol. The molecule has 5 aromatic carbocycles. The van der Waals surface area contributed by atoms with Gasteiger partial charge in [0.25, 0.3) is 0 Å². The van der Waals surface area contributed by atoms with Gasteiger partial charge in [0.05, 0.1) is 29.0 Å². The minimum Gasteiger partial charge on any atom is -0.491 e. The molecule has 0 spiro atoms. The summed E-state index contributed by atoms with van der Waals surface area (Å²) in [4.78, 5) is 0. The number of hydrogen-bond acceptors (Lipinski definition) is 6. The average Bonchev–Trinajstić information content (AvgIpc) is 3.50. The highest BCUT2D eigenvalue weighted by Gasteiger charge is 2.51. The van der Waals surface area contributed by atoms with E-state index in [-0.39, 0.29) is 11.6 Å². The third-order valence-electron chi connectivity index (χ3n) is 12.3. The van der Waals surface area contributed by atoms with Crippen molar-refractivity contribution in [2.75, 3.05) is 13.2 Å². The molecule has 1 heterocycles. The molecular weight excluding hydrogens is 842 g/mol. The summed E-state index contributed by atoms with van der Waals surface area (Å²) in [6.07, 6.45) is 6.15. The number of benzene rings is 5. The molecule has 7 rings (SSSR count). The van der Waals surface area contributed by atoms with Crippen molar-refractivity contribution in [3.63, 3.8) is 0 Å². The fourth-order valence-electron chi connectivity index (χ4n) is 9.73. The summed E-state index contributed by atoms with van der Waals surface area (Å²) in [6.45, 7) is 27.3. The minimum absolute atomic E-state index is 0.294. The van der Waals surface area contributed by atoms with E-state index in [1.165, 1.54) is 30.3 Å². The van der Waals surface area contributed by atoms with Gasteiger partial charge in [0, 0.05) is 33.5 Å². The zero-order chi connectivity index (χ0) is 47.4. The molecule has 5 aromatic rings. The first-order valence-electron chi connectivity index (χ1n) is 23.0. The van der Waals surface area contributed by atoms with E-state index in [0.29, 0.717) is 48.1 Å². The topological polar surface area (TPSA) is 55.4 Å². The molecule has 348 valence electrons. The Morgan fingerprint density at radius 1 is 0.615 bits per heavy atom. The van der Waals surface area contributed by atoms with Crippen LogP contribution in [0.1, 0.15) is 137 Å². The summed E-state index contributed by atoms with van der Waals surface area (Å²) in [7, 11) is -3.21. The number of hydrogen-bond donors (Lipinski definition) is 0. The van der Waals surface area contributed by atoms with E-state index in [9.17, 15) is 4.39 Å². The third kappa shape index (κ3) is 10.1. The van der Waals surface area contributed by atoms with Gasteiger partial charge in [-0.25, -0.2) is 13.2 Å². The van der Waals surface area contributed by atoms with Gasteiger partial charge in [0.2, 0.25) is 0 Å². The van der Waals surface area contributed by atoms with E-state index in [2.05, 4.69) is 33.8 Å². The second-order valence-electron chi connectivity index (χ2n) is 21.1. The van der Waals surface area contributed by atoms with Gasteiger partial charge in [-0.05, 0) is 178 Å². The number of halogens is 3. The van der Waals surface area contributed by atoms with Gasteiger partial charge in [0.1, 0.15) is 35.6 Å². The molecule has 1 atom stereocenters. The molecule has 0 radical (unpaired) electrons. The molecule has 1 aliphatic heterocycles. The number of rotatable bonds is 15. The van der Waals surface area contributed by atoms with Crippen LogP contribution in [0.2, 0.25) is 6.04 Å². The highest BCUT2D eigenvalue weighted by molar-refractivity contribution is 6.61. The molecule has 0 saturated heterocycles. The van der Waals surface area contributed by atoms with Gasteiger partial charge in [0.15, 0.2) is 5.60 Å². The van der Waals surface area contributed by atoms with Crippen LogP contribution in [-0.2, 0) is 29.0 Å². The molecule has 65 heavy (non-hydrogen) atoms. The van der Waals surface area contributed by atoms with Crippen molar-refractivity contribution in [2.45, 2.75) is 149 Å². The summed E-state index contributed by atoms with van der Waals surface area (Å²) in [5, 5.41) is 1.43. The van der Waals surface area contributed by atoms with E-state index < -0.39 is 48.0 Å². The fourth-order valence-corrected chi connectivity index (χ4v) is 13.9. The number of ether oxygens (including phenoxy) is 3. The molecule has 10 heteroatoms. The van der Waals surface area contributed by atoms with Gasteiger partial charge in [-0.1, -0.05) is 56.3 Å². The van der Waals surface area contributed by atoms with Crippen molar-refractivity contribution in [2.24, 2.45) is 0 Å². The summed E-state index contributed by atoms with van der Waals surface area (Å²) < 4.78 is 85.0. The van der Waals surface area contributed by atoms with E-state index in [0.717, 1.165) is 51.6 Å². The second-order valence-corrected chi connectivity index (χ2v) is 23.6. The Hall–Kier alpha value is -4.45. The SMILES string of the molecule is CCC1(CC)c2cc(F)ccc2-c2c1c1c(c3cc(F)ccc23)OC(c2ccc(F)cc2)(c2ccc(OCCOC(C)(C)CC[Si](OC(C)(C)C)(OC(C)(C)C)OC(C)(C)C)cc2)C=C1. The Labute approximate surface area is 385 Å². The van der Waals surface area contributed by atoms with Gasteiger partial charge >= 0.3 is 8.80 Å². The quantitative estimate of drug-likeness (QED) is 0.0770. The fraction of sp³-hybridized carbons (Fsp3) is 0.455. The maximum Gasteiger partial charge on any atom is 0.502 e. The van der Waals surface area contributed by atoms with Gasteiger partial charge in [-0.3, -0.25) is 0 Å². The lowest BCUT2D eigenvalue weighted by atomic mass is 9.71. The lowest BCUT2D eigenvalue weighted by Crippen LogP contribution is -2.57. The molecule has 0 amide bonds. The molecule has 1 aliphatic carbocycles. The summed E-state index contributed by atoms with van der Waals surface area (Å²) in [5.74, 6) is 0.0854. The van der Waals surface area contributed by atoms with E-state index in [1.807, 2.05) is 98.7 Å². The molecule has 0 aromatic heterocycles. The smallest absolute Gasteiger partial charge is 0.491 e. The molecule has 0 N–H and O–H groups in total. The maximum atomic E-state index is 15.4. The van der Waals surface area contributed by atoms with Crippen LogP contribution in [0.4, 0.5) is 13.2 Å². The zero-order valence-corrected chi connectivity index (χ0v) is 41.6. The normalized spacial score (nSPS) is 17.2. The Kier molecular flexibility index (Phi) is 13.2. The van der Waals surface area contributed by atoms with Crippen LogP contribution in [0.5, 0.6) is 11.5 Å². The van der Waals surface area contributed by atoms with Crippen LogP contribution in [0.3, 0.4) is 0 Å². The summed E-state index contributed by atoms with van der Waals surface area (Å²) in [5.41, 5.74) is 2.51. The standard InChI is InChI=1S/C55H67F3O6Si/c1-14-54(15-2)46-35-40(58)23-27-43(46)47-42-26-22-39(57)34-45(42)49-44(48(47)54)28-29-55(61-49,36-16-20-38(56)21-17-36)37-18-24-41(25-19-37)59-31-32-60-53(12,13)30-33-65(62-50(3,4)5,63-51(6,7)8)64-52(9,10)11/h16-29,34-35H,14-15,30-33H2,1-13H3. The van der Waals surface area contributed by atoms with Gasteiger partial charge < -0.3 is 27.5 Å². The Morgan fingerprint density at radius 3 is 1.72 bits per heavy atom. The first-order valence-corrected chi connectivity index (χ1v) is 25.0. The molecule has 0 saturated carbocycles. The highest BCUT2D eigenvalue weighted by Crippen LogP contribution is 2.60. The molecule has 0 fully saturated rings. The van der Waals surface area contributed by atoms with Crippen molar-refractivity contribution in [3.8, 4) is 22.6 Å². The molecule has 6 nitrogen and oxygen atoms in total. The minimum atomic E-state index is -3.21. The molecular formula is C55H67F3O6Si. The van der Waals surface area contributed by atoms with Crippen LogP contribution < -0.4 is 9.47 Å². The van der Waals surface area contributed by atoms with Crippen molar-refractivity contribution < 1.29 is 40.7 Å². The largest absolute Gasteiger partial charge is 0.502 e. The first-order chi connectivity index (χ1) is 30.3. The van der Waals surface area contributed by atoms with Gasteiger partial charge in [-0.2, -0.15) is 0 Å². The lowest BCUT2D eigenvalue weighted by molar-refractivity contribution is -0.0823. The van der Waals surface area contributed by atoms with Crippen molar-refractivity contribution in [1.82, 2.24) is 0 Å². The van der Waals surface area contributed by atoms with Crippen LogP contribution >= 0.6 is 0 Å². The molecule has 1 unspecified atom stereocenters. The Balaban J connectivity index is 1.15. The average molecular weight is 909 g/mol. The van der Waals surface area contributed by atoms with Crippen LogP contribution in [-0.4, -0.2) is 44.4 Å². The first kappa shape index (κ1) is 48.5. The van der Waals surface area contributed by atoms with Crippen molar-refractivity contribution in [1.29, 1.82) is 0 Å². The van der Waals surface area contributed by atoms with Crippen LogP contribution in [0, 0.1) is 17.5 Å². The Morgan fingerprint density at radius 2 is 1.15 bits per heavy atom. The van der Waals surface area contributed by atoms with Gasteiger partial charge in [-0.15, -0.1) is 0 Å². The van der Waals surface area contributed by atoms with Crippen molar-refractivity contribution >= 4 is 25.7 Å². The van der Waals surface area contributed by atoms with Crippen LogP contribution in [0.25, 0.3) is 28.0 Å². The van der Waals surface area contributed by atoms with E-state index in [1.54, 1.807) is 24.3 Å². The zero-order valence-electron chi connectivity index (χ0n) is 40.6. The predicted octanol–water partition coefficient (Wildman–Crippen LogP) is 14.6. The van der Waals surface area contributed by atoms with Crippen molar-refractivity contribution in [3.05, 3.63) is 136 Å². The summed E-state index contributed by atoms with van der Waals surface area (Å²) in [6, 6.07) is 24.3. The maximum absolute atomic E-state index is 15.4. The Bertz CT molecular complexity index is 2500. The number of fused-ring (bicyclic) bond motifs is 8. The highest BCUT2D eigenvalue weighted by atomic mass is 28.4. The third-order valence-corrected chi connectivity index (χ3v) is 15.9. The van der Waals surface area contributed by atoms with Crippen LogP contribution in [0.15, 0.2) is 91.0 Å². The predicted molar refractivity (Wildman–Crippen MR) is 257 cm³/mol. The summed E-state index contributed by atoms with van der Waals surface area (Å²) >= 11 is 0.